The van der Waals surface area contributed by atoms with Crippen molar-refractivity contribution in [2.75, 3.05) is 45.8 Å². The van der Waals surface area contributed by atoms with Crippen LogP contribution in [0.15, 0.2) is 4.99 Å². The lowest BCUT2D eigenvalue weighted by Crippen LogP contribution is -2.45. The molecule has 2 unspecified atom stereocenters. The van der Waals surface area contributed by atoms with E-state index in [0.717, 1.165) is 90.3 Å². The van der Waals surface area contributed by atoms with Crippen molar-refractivity contribution in [3.05, 3.63) is 0 Å². The number of amides is 2. The number of guanidine groups is 1. The molecule has 0 bridgehead atoms. The van der Waals surface area contributed by atoms with E-state index >= 15 is 0 Å². The zero-order valence-electron chi connectivity index (χ0n) is 19.3. The molecule has 2 atom stereocenters. The van der Waals surface area contributed by atoms with Crippen molar-refractivity contribution in [3.63, 3.8) is 0 Å². The molecule has 0 radical (unpaired) electrons. The predicted octanol–water partition coefficient (Wildman–Crippen LogP) is 1.31. The van der Waals surface area contributed by atoms with Gasteiger partial charge < -0.3 is 26.2 Å². The van der Waals surface area contributed by atoms with Crippen LogP contribution in [0.4, 0.5) is 0 Å². The SMILES string of the molecule is CCNC(=NCCCN1CCCC(C(N)=O)C1)NC1CCN(C(=O)C2CCCCC2)C1. The Kier molecular flexibility index (Phi) is 9.43. The highest BCUT2D eigenvalue weighted by molar-refractivity contribution is 5.81. The molecule has 0 aromatic rings. The minimum absolute atomic E-state index is 0.00197. The number of carbonyl (C=O) groups is 2. The lowest BCUT2D eigenvalue weighted by atomic mass is 9.88. The van der Waals surface area contributed by atoms with E-state index in [0.29, 0.717) is 5.91 Å². The summed E-state index contributed by atoms with van der Waals surface area (Å²) in [5.41, 5.74) is 5.48. The fraction of sp³-hybridized carbons (Fsp3) is 0.870. The molecular weight excluding hydrogens is 392 g/mol. The minimum Gasteiger partial charge on any atom is -0.369 e. The summed E-state index contributed by atoms with van der Waals surface area (Å²) in [5, 5.41) is 6.87. The third-order valence-corrected chi connectivity index (χ3v) is 6.95. The number of nitrogens with zero attached hydrogens (tertiary/aromatic N) is 3. The summed E-state index contributed by atoms with van der Waals surface area (Å²) in [6, 6.07) is 0.267. The van der Waals surface area contributed by atoms with Gasteiger partial charge in [0.05, 0.1) is 5.92 Å². The molecule has 0 aromatic carbocycles. The number of piperidine rings is 1. The molecular formula is C23H42N6O2. The van der Waals surface area contributed by atoms with Crippen LogP contribution in [0, 0.1) is 11.8 Å². The van der Waals surface area contributed by atoms with Crippen LogP contribution in [0.25, 0.3) is 0 Å². The van der Waals surface area contributed by atoms with Crippen molar-refractivity contribution >= 4 is 17.8 Å². The van der Waals surface area contributed by atoms with Gasteiger partial charge in [-0.25, -0.2) is 0 Å². The maximum Gasteiger partial charge on any atom is 0.225 e. The highest BCUT2D eigenvalue weighted by Gasteiger charge is 2.31. The zero-order valence-corrected chi connectivity index (χ0v) is 19.3. The van der Waals surface area contributed by atoms with Crippen LogP contribution < -0.4 is 16.4 Å². The Bertz CT molecular complexity index is 619. The van der Waals surface area contributed by atoms with Gasteiger partial charge in [-0.2, -0.15) is 0 Å². The molecule has 2 amide bonds. The number of likely N-dealkylation sites (tertiary alicyclic amines) is 2. The van der Waals surface area contributed by atoms with E-state index in [2.05, 4.69) is 27.4 Å². The lowest BCUT2D eigenvalue weighted by molar-refractivity contribution is -0.135. The molecule has 8 nitrogen and oxygen atoms in total. The first kappa shape index (κ1) is 23.8. The molecule has 3 rings (SSSR count). The number of aliphatic imine (C=N–C) groups is 1. The van der Waals surface area contributed by atoms with Gasteiger partial charge in [0.1, 0.15) is 0 Å². The molecule has 0 aromatic heterocycles. The monoisotopic (exact) mass is 434 g/mol. The van der Waals surface area contributed by atoms with Crippen LogP contribution in [0.2, 0.25) is 0 Å². The van der Waals surface area contributed by atoms with Crippen LogP contribution in [-0.4, -0.2) is 79.4 Å². The van der Waals surface area contributed by atoms with Gasteiger partial charge in [-0.05, 0) is 58.5 Å². The first-order valence-corrected chi connectivity index (χ1v) is 12.4. The number of hydrogen-bond donors (Lipinski definition) is 3. The summed E-state index contributed by atoms with van der Waals surface area (Å²) < 4.78 is 0. The van der Waals surface area contributed by atoms with Gasteiger partial charge in [0.25, 0.3) is 0 Å². The Balaban J connectivity index is 1.40. The third-order valence-electron chi connectivity index (χ3n) is 6.95. The Morgan fingerprint density at radius 3 is 2.52 bits per heavy atom. The summed E-state index contributed by atoms with van der Waals surface area (Å²) in [6.07, 6.45) is 9.69. The molecule has 3 aliphatic rings. The maximum atomic E-state index is 12.8. The first-order chi connectivity index (χ1) is 15.1. The van der Waals surface area contributed by atoms with E-state index in [1.54, 1.807) is 0 Å². The van der Waals surface area contributed by atoms with Crippen molar-refractivity contribution in [2.45, 2.75) is 70.8 Å². The maximum absolute atomic E-state index is 12.8. The Morgan fingerprint density at radius 1 is 1.00 bits per heavy atom. The Morgan fingerprint density at radius 2 is 1.77 bits per heavy atom. The average molecular weight is 435 g/mol. The fourth-order valence-corrected chi connectivity index (χ4v) is 5.18. The molecule has 1 aliphatic carbocycles. The fourth-order valence-electron chi connectivity index (χ4n) is 5.18. The van der Waals surface area contributed by atoms with Crippen molar-refractivity contribution in [1.82, 2.24) is 20.4 Å². The molecule has 2 saturated heterocycles. The summed E-state index contributed by atoms with van der Waals surface area (Å²) in [6.45, 7) is 8.02. The van der Waals surface area contributed by atoms with Gasteiger partial charge in [-0.15, -0.1) is 0 Å². The van der Waals surface area contributed by atoms with E-state index < -0.39 is 0 Å². The first-order valence-electron chi connectivity index (χ1n) is 12.4. The van der Waals surface area contributed by atoms with E-state index in [1.165, 1.54) is 19.3 Å². The highest BCUT2D eigenvalue weighted by Crippen LogP contribution is 2.26. The smallest absolute Gasteiger partial charge is 0.225 e. The van der Waals surface area contributed by atoms with Gasteiger partial charge in [-0.3, -0.25) is 14.6 Å². The number of carbonyl (C=O) groups excluding carboxylic acids is 2. The van der Waals surface area contributed by atoms with Crippen LogP contribution in [0.3, 0.4) is 0 Å². The topological polar surface area (TPSA) is 103 Å². The Hall–Kier alpha value is -1.83. The van der Waals surface area contributed by atoms with E-state index in [-0.39, 0.29) is 23.8 Å². The van der Waals surface area contributed by atoms with Crippen LogP contribution in [0.5, 0.6) is 0 Å². The largest absolute Gasteiger partial charge is 0.369 e. The molecule has 2 aliphatic heterocycles. The summed E-state index contributed by atoms with van der Waals surface area (Å²) in [5.74, 6) is 1.28. The van der Waals surface area contributed by atoms with Crippen LogP contribution in [0.1, 0.15) is 64.7 Å². The molecule has 1 saturated carbocycles. The molecule has 31 heavy (non-hydrogen) atoms. The standard InChI is InChI=1S/C23H42N6O2/c1-2-25-23(26-12-7-14-28-13-6-10-19(16-28)21(24)30)27-20-11-15-29(17-20)22(31)18-8-4-3-5-9-18/h18-20H,2-17H2,1H3,(H2,24,30)(H2,25,26,27). The summed E-state index contributed by atoms with van der Waals surface area (Å²) in [7, 11) is 0. The van der Waals surface area contributed by atoms with Gasteiger partial charge >= 0.3 is 0 Å². The summed E-state index contributed by atoms with van der Waals surface area (Å²) >= 11 is 0. The van der Waals surface area contributed by atoms with Crippen LogP contribution in [-0.2, 0) is 9.59 Å². The second-order valence-electron chi connectivity index (χ2n) is 9.41. The van der Waals surface area contributed by atoms with E-state index in [1.807, 2.05) is 0 Å². The van der Waals surface area contributed by atoms with Crippen molar-refractivity contribution in [3.8, 4) is 0 Å². The number of nitrogens with two attached hydrogens (primary N) is 1. The highest BCUT2D eigenvalue weighted by atomic mass is 16.2. The molecule has 0 spiro atoms. The van der Waals surface area contributed by atoms with Crippen LogP contribution >= 0.6 is 0 Å². The van der Waals surface area contributed by atoms with Gasteiger partial charge in [-0.1, -0.05) is 19.3 Å². The number of primary amides is 1. The Labute approximate surface area is 187 Å². The van der Waals surface area contributed by atoms with Crippen molar-refractivity contribution in [1.29, 1.82) is 0 Å². The quantitative estimate of drug-likeness (QED) is 0.304. The number of hydrogen-bond acceptors (Lipinski definition) is 4. The number of rotatable bonds is 8. The predicted molar refractivity (Wildman–Crippen MR) is 124 cm³/mol. The molecule has 4 N–H and O–H groups in total. The second kappa shape index (κ2) is 12.3. The van der Waals surface area contributed by atoms with Gasteiger partial charge in [0, 0.05) is 44.7 Å². The lowest BCUT2D eigenvalue weighted by Gasteiger charge is -2.30. The molecule has 176 valence electrons. The minimum atomic E-state index is -0.172. The van der Waals surface area contributed by atoms with Crippen molar-refractivity contribution < 1.29 is 9.59 Å². The normalized spacial score (nSPS) is 26.1. The zero-order chi connectivity index (χ0) is 22.1. The van der Waals surface area contributed by atoms with Gasteiger partial charge in [0.15, 0.2) is 5.96 Å². The second-order valence-corrected chi connectivity index (χ2v) is 9.41. The molecule has 2 heterocycles. The van der Waals surface area contributed by atoms with E-state index in [4.69, 9.17) is 10.7 Å². The molecule has 8 heteroatoms. The van der Waals surface area contributed by atoms with Gasteiger partial charge in [0.2, 0.25) is 11.8 Å². The van der Waals surface area contributed by atoms with E-state index in [9.17, 15) is 9.59 Å². The third kappa shape index (κ3) is 7.37. The van der Waals surface area contributed by atoms with Crippen molar-refractivity contribution in [2.24, 2.45) is 22.6 Å². The number of nitrogens with one attached hydrogen (secondary N) is 2. The summed E-state index contributed by atoms with van der Waals surface area (Å²) in [4.78, 5) is 33.4. The average Bonchev–Trinajstić information content (AvgIpc) is 3.25. The molecule has 3 fully saturated rings.